The molecule has 4 rings (SSSR count). The van der Waals surface area contributed by atoms with E-state index in [1.165, 1.54) is 0 Å². The molecule has 0 spiro atoms. The van der Waals surface area contributed by atoms with Crippen LogP contribution in [0.4, 0.5) is 5.69 Å². The second-order valence-corrected chi connectivity index (χ2v) is 9.58. The van der Waals surface area contributed by atoms with Gasteiger partial charge in [-0.25, -0.2) is 0 Å². The molecule has 3 aliphatic rings. The van der Waals surface area contributed by atoms with Crippen LogP contribution in [0.5, 0.6) is 0 Å². The molecule has 0 bridgehead atoms. The zero-order valence-electron chi connectivity index (χ0n) is 17.1. The molecule has 0 radical (unpaired) electrons. The lowest BCUT2D eigenvalue weighted by molar-refractivity contribution is -0.129. The van der Waals surface area contributed by atoms with E-state index in [4.69, 9.17) is 4.74 Å². The van der Waals surface area contributed by atoms with E-state index in [9.17, 15) is 14.4 Å². The van der Waals surface area contributed by atoms with E-state index in [-0.39, 0.29) is 48.1 Å². The summed E-state index contributed by atoms with van der Waals surface area (Å²) in [5.41, 5.74) is 0.805. The van der Waals surface area contributed by atoms with Gasteiger partial charge in [-0.05, 0) is 49.3 Å². The Morgan fingerprint density at radius 1 is 1.30 bits per heavy atom. The summed E-state index contributed by atoms with van der Waals surface area (Å²) in [4.78, 5) is 39.1. The van der Waals surface area contributed by atoms with E-state index in [0.717, 1.165) is 29.4 Å². The number of fused-ring (bicyclic) bond motifs is 1. The molecular weight excluding hydrogens is 450 g/mol. The number of nitrogens with one attached hydrogen (secondary N) is 2. The largest absolute Gasteiger partial charge is 0.384 e. The maximum atomic E-state index is 12.9. The van der Waals surface area contributed by atoms with E-state index in [0.29, 0.717) is 25.5 Å². The first-order chi connectivity index (χ1) is 14.4. The highest BCUT2D eigenvalue weighted by atomic mass is 79.9. The minimum absolute atomic E-state index is 0.0235. The van der Waals surface area contributed by atoms with Gasteiger partial charge in [-0.15, -0.1) is 0 Å². The fourth-order valence-corrected chi connectivity index (χ4v) is 5.59. The number of anilines is 1. The van der Waals surface area contributed by atoms with Crippen molar-refractivity contribution >= 4 is 39.3 Å². The van der Waals surface area contributed by atoms with Gasteiger partial charge in [-0.2, -0.15) is 0 Å². The molecule has 1 aliphatic carbocycles. The molecule has 30 heavy (non-hydrogen) atoms. The first-order valence-electron chi connectivity index (χ1n) is 10.6. The van der Waals surface area contributed by atoms with Crippen LogP contribution >= 0.6 is 15.9 Å². The van der Waals surface area contributed by atoms with Crippen LogP contribution in [-0.2, 0) is 19.1 Å². The average molecular weight is 478 g/mol. The number of halogens is 1. The molecular formula is C22H28BrN3O4. The van der Waals surface area contributed by atoms with Gasteiger partial charge in [0, 0.05) is 55.3 Å². The zero-order chi connectivity index (χ0) is 21.3. The SMILES string of the molecule is COCC1CC(=O)NC2CC(NC(=O)C3CC(=O)N(c4cccc(Br)c4)C3)CCC12. The van der Waals surface area contributed by atoms with Gasteiger partial charge < -0.3 is 20.3 Å². The summed E-state index contributed by atoms with van der Waals surface area (Å²) in [5.74, 6) is 0.263. The quantitative estimate of drug-likeness (QED) is 0.680. The number of benzene rings is 1. The summed E-state index contributed by atoms with van der Waals surface area (Å²) in [6, 6.07) is 7.66. The van der Waals surface area contributed by atoms with Crippen LogP contribution in [-0.4, -0.2) is 50.1 Å². The summed E-state index contributed by atoms with van der Waals surface area (Å²) in [6.45, 7) is 0.994. The van der Waals surface area contributed by atoms with Gasteiger partial charge in [0.2, 0.25) is 17.7 Å². The number of hydrogen-bond donors (Lipinski definition) is 2. The summed E-state index contributed by atoms with van der Waals surface area (Å²) < 4.78 is 6.21. The number of carbonyl (C=O) groups is 3. The van der Waals surface area contributed by atoms with E-state index < -0.39 is 0 Å². The van der Waals surface area contributed by atoms with Gasteiger partial charge in [-0.3, -0.25) is 14.4 Å². The third kappa shape index (κ3) is 4.54. The van der Waals surface area contributed by atoms with Crippen LogP contribution in [0.3, 0.4) is 0 Å². The third-order valence-electron chi connectivity index (χ3n) is 6.65. The van der Waals surface area contributed by atoms with Crippen LogP contribution < -0.4 is 15.5 Å². The molecule has 1 aromatic rings. The van der Waals surface area contributed by atoms with Crippen molar-refractivity contribution in [1.82, 2.24) is 10.6 Å². The zero-order valence-corrected chi connectivity index (χ0v) is 18.7. The van der Waals surface area contributed by atoms with Crippen LogP contribution in [0.15, 0.2) is 28.7 Å². The van der Waals surface area contributed by atoms with Gasteiger partial charge in [0.15, 0.2) is 0 Å². The number of amides is 3. The number of methoxy groups -OCH3 is 1. The van der Waals surface area contributed by atoms with Crippen LogP contribution in [0.2, 0.25) is 0 Å². The summed E-state index contributed by atoms with van der Waals surface area (Å²) in [7, 11) is 1.67. The molecule has 2 heterocycles. The number of nitrogens with zero attached hydrogens (tertiary/aromatic N) is 1. The Morgan fingerprint density at radius 3 is 2.90 bits per heavy atom. The molecule has 0 aromatic heterocycles. The Balaban J connectivity index is 1.35. The van der Waals surface area contributed by atoms with Crippen molar-refractivity contribution < 1.29 is 19.1 Å². The molecule has 2 aliphatic heterocycles. The number of rotatable bonds is 5. The number of carbonyl (C=O) groups excluding carboxylic acids is 3. The molecule has 162 valence electrons. The van der Waals surface area contributed by atoms with Crippen molar-refractivity contribution in [2.45, 2.75) is 44.2 Å². The van der Waals surface area contributed by atoms with Crippen LogP contribution in [0.1, 0.15) is 32.1 Å². The predicted molar refractivity (Wildman–Crippen MR) is 116 cm³/mol. The monoisotopic (exact) mass is 477 g/mol. The molecule has 1 aromatic carbocycles. The predicted octanol–water partition coefficient (Wildman–Crippen LogP) is 2.24. The second kappa shape index (κ2) is 9.06. The Hall–Kier alpha value is -1.93. The standard InChI is InChI=1S/C22H28BrN3O4/c1-30-12-14-7-20(27)25-19-10-16(5-6-18(14)19)24-22(29)13-8-21(28)26(11-13)17-4-2-3-15(23)9-17/h2-4,9,13-14,16,18-19H,5-8,10-12H2,1H3,(H,24,29)(H,25,27). The highest BCUT2D eigenvalue weighted by Gasteiger charge is 2.42. The molecule has 2 saturated heterocycles. The highest BCUT2D eigenvalue weighted by Crippen LogP contribution is 2.36. The van der Waals surface area contributed by atoms with E-state index >= 15 is 0 Å². The number of hydrogen-bond acceptors (Lipinski definition) is 4. The molecule has 3 amide bonds. The van der Waals surface area contributed by atoms with Gasteiger partial charge in [0.1, 0.15) is 0 Å². The fraction of sp³-hybridized carbons (Fsp3) is 0.591. The minimum atomic E-state index is -0.351. The average Bonchev–Trinajstić information content (AvgIpc) is 3.10. The highest BCUT2D eigenvalue weighted by molar-refractivity contribution is 9.10. The lowest BCUT2D eigenvalue weighted by Gasteiger charge is -2.44. The molecule has 5 unspecified atom stereocenters. The van der Waals surface area contributed by atoms with Crippen LogP contribution in [0, 0.1) is 17.8 Å². The van der Waals surface area contributed by atoms with Crippen molar-refractivity contribution in [2.75, 3.05) is 25.2 Å². The molecule has 5 atom stereocenters. The topological polar surface area (TPSA) is 87.7 Å². The lowest BCUT2D eigenvalue weighted by atomic mass is 9.71. The first kappa shape index (κ1) is 21.3. The Labute approximate surface area is 185 Å². The summed E-state index contributed by atoms with van der Waals surface area (Å²) in [6.07, 6.45) is 3.32. The molecule has 3 fully saturated rings. The van der Waals surface area contributed by atoms with Gasteiger partial charge in [0.05, 0.1) is 5.92 Å². The molecule has 8 heteroatoms. The van der Waals surface area contributed by atoms with Gasteiger partial charge in [-0.1, -0.05) is 22.0 Å². The molecule has 1 saturated carbocycles. The Bertz CT molecular complexity index is 832. The Kier molecular flexibility index (Phi) is 6.43. The number of ether oxygens (including phenoxy) is 1. The number of piperidine rings is 1. The lowest BCUT2D eigenvalue weighted by Crippen LogP contribution is -2.56. The third-order valence-corrected chi connectivity index (χ3v) is 7.14. The van der Waals surface area contributed by atoms with Gasteiger partial charge in [0.25, 0.3) is 0 Å². The molecule has 7 nitrogen and oxygen atoms in total. The van der Waals surface area contributed by atoms with E-state index in [2.05, 4.69) is 26.6 Å². The van der Waals surface area contributed by atoms with Crippen molar-refractivity contribution in [1.29, 1.82) is 0 Å². The summed E-state index contributed by atoms with van der Waals surface area (Å²) in [5, 5.41) is 6.26. The second-order valence-electron chi connectivity index (χ2n) is 8.66. The van der Waals surface area contributed by atoms with Crippen molar-refractivity contribution in [3.8, 4) is 0 Å². The Morgan fingerprint density at radius 2 is 2.13 bits per heavy atom. The summed E-state index contributed by atoms with van der Waals surface area (Å²) >= 11 is 3.43. The first-order valence-corrected chi connectivity index (χ1v) is 11.4. The van der Waals surface area contributed by atoms with Crippen molar-refractivity contribution in [2.24, 2.45) is 17.8 Å². The van der Waals surface area contributed by atoms with E-state index in [1.807, 2.05) is 24.3 Å². The minimum Gasteiger partial charge on any atom is -0.384 e. The normalized spacial score (nSPS) is 31.3. The van der Waals surface area contributed by atoms with Crippen molar-refractivity contribution in [3.05, 3.63) is 28.7 Å². The van der Waals surface area contributed by atoms with Crippen molar-refractivity contribution in [3.63, 3.8) is 0 Å². The van der Waals surface area contributed by atoms with Gasteiger partial charge >= 0.3 is 0 Å². The van der Waals surface area contributed by atoms with Crippen LogP contribution in [0.25, 0.3) is 0 Å². The maximum absolute atomic E-state index is 12.9. The van der Waals surface area contributed by atoms with E-state index in [1.54, 1.807) is 12.0 Å². The fourth-order valence-electron chi connectivity index (χ4n) is 5.20. The molecule has 2 N–H and O–H groups in total. The maximum Gasteiger partial charge on any atom is 0.227 e. The smallest absolute Gasteiger partial charge is 0.227 e.